The van der Waals surface area contributed by atoms with Gasteiger partial charge in [-0.15, -0.1) is 6.58 Å². The maximum Gasteiger partial charge on any atom is 0.236 e. The summed E-state index contributed by atoms with van der Waals surface area (Å²) in [5, 5.41) is 25.5. The van der Waals surface area contributed by atoms with Gasteiger partial charge in [0, 0.05) is 37.5 Å². The standard InChI is InChI=1S/C31H36FN9O2/c1-4-9-41-25-14-24(23(32)12-21(25)15-35-41)36-31-34-16-26(39-10-11-40(19(2)18-39)28(43)17-33-3)30(38-31)37-29-22-8-6-5-7-20(22)13-27(29)42/h4-8,12,14-16,19,27,29,33,42H,1,9-11,13,17-18H2,2-3H3,(H2,34,36,37,38)/t19-,27+,29?/m0/s1. The molecule has 2 aromatic carbocycles. The zero-order valence-electron chi connectivity index (χ0n) is 24.3. The van der Waals surface area contributed by atoms with Crippen LogP contribution < -0.4 is 20.9 Å². The molecule has 224 valence electrons. The number of amides is 1. The molecule has 4 aromatic rings. The minimum atomic E-state index is -0.642. The molecular weight excluding hydrogens is 549 g/mol. The zero-order valence-corrected chi connectivity index (χ0v) is 24.3. The van der Waals surface area contributed by atoms with Gasteiger partial charge in [0.2, 0.25) is 11.9 Å². The Balaban J connectivity index is 1.33. The Morgan fingerprint density at radius 3 is 2.86 bits per heavy atom. The van der Waals surface area contributed by atoms with E-state index < -0.39 is 11.9 Å². The Hall–Kier alpha value is -4.55. The Kier molecular flexibility index (Phi) is 7.96. The first-order valence-corrected chi connectivity index (χ1v) is 14.5. The third-order valence-corrected chi connectivity index (χ3v) is 8.16. The van der Waals surface area contributed by atoms with Crippen molar-refractivity contribution in [2.24, 2.45) is 0 Å². The van der Waals surface area contributed by atoms with E-state index in [9.17, 15) is 9.90 Å². The van der Waals surface area contributed by atoms with Gasteiger partial charge >= 0.3 is 0 Å². The molecule has 0 spiro atoms. The fourth-order valence-electron chi connectivity index (χ4n) is 6.05. The second-order valence-corrected chi connectivity index (χ2v) is 11.1. The largest absolute Gasteiger partial charge is 0.390 e. The first-order valence-electron chi connectivity index (χ1n) is 14.5. The number of likely N-dealkylation sites (N-methyl/N-ethyl adjacent to an activating group) is 1. The van der Waals surface area contributed by atoms with Crippen LogP contribution in [0.4, 0.5) is 27.5 Å². The highest BCUT2D eigenvalue weighted by Crippen LogP contribution is 2.37. The summed E-state index contributed by atoms with van der Waals surface area (Å²) >= 11 is 0. The SMILES string of the molecule is C=CCn1ncc2cc(F)c(Nc3ncc(N4CCN(C(=O)CNC)[C@@H](C)C4)c(NC4c5ccccc5C[C@H]4O)n3)cc21. The second kappa shape index (κ2) is 12.0. The minimum Gasteiger partial charge on any atom is -0.390 e. The first kappa shape index (κ1) is 28.6. The van der Waals surface area contributed by atoms with Gasteiger partial charge in [-0.05, 0) is 37.2 Å². The number of allylic oxidation sites excluding steroid dienone is 1. The number of aliphatic hydroxyl groups excluding tert-OH is 1. The Morgan fingerprint density at radius 1 is 1.23 bits per heavy atom. The molecule has 0 radical (unpaired) electrons. The molecule has 3 heterocycles. The summed E-state index contributed by atoms with van der Waals surface area (Å²) in [6, 6.07) is 10.7. The summed E-state index contributed by atoms with van der Waals surface area (Å²) < 4.78 is 16.9. The van der Waals surface area contributed by atoms with E-state index in [0.717, 1.165) is 22.3 Å². The fourth-order valence-corrected chi connectivity index (χ4v) is 6.05. The summed E-state index contributed by atoms with van der Waals surface area (Å²) in [4.78, 5) is 26.0. The van der Waals surface area contributed by atoms with E-state index in [1.807, 2.05) is 36.1 Å². The van der Waals surface area contributed by atoms with Crippen LogP contribution in [-0.4, -0.2) is 81.0 Å². The van der Waals surface area contributed by atoms with E-state index in [-0.39, 0.29) is 36.2 Å². The molecule has 12 heteroatoms. The number of nitrogens with zero attached hydrogens (tertiary/aromatic N) is 6. The van der Waals surface area contributed by atoms with Gasteiger partial charge in [0.1, 0.15) is 5.82 Å². The number of piperazine rings is 1. The molecule has 1 fully saturated rings. The van der Waals surface area contributed by atoms with E-state index >= 15 is 4.39 Å². The number of aromatic nitrogens is 4. The molecule has 6 rings (SSSR count). The van der Waals surface area contributed by atoms with Crippen LogP contribution in [0.1, 0.15) is 24.1 Å². The second-order valence-electron chi connectivity index (χ2n) is 11.1. The molecule has 3 atom stereocenters. The molecule has 1 aliphatic carbocycles. The number of rotatable bonds is 9. The molecular formula is C31H36FN9O2. The average Bonchev–Trinajstić information content (AvgIpc) is 3.52. The first-order chi connectivity index (χ1) is 20.9. The van der Waals surface area contributed by atoms with Crippen molar-refractivity contribution in [3.63, 3.8) is 0 Å². The average molecular weight is 586 g/mol. The van der Waals surface area contributed by atoms with E-state index in [4.69, 9.17) is 4.98 Å². The summed E-state index contributed by atoms with van der Waals surface area (Å²) in [6.07, 6.45) is 4.95. The molecule has 4 N–H and O–H groups in total. The van der Waals surface area contributed by atoms with Crippen LogP contribution in [0, 0.1) is 5.82 Å². The van der Waals surface area contributed by atoms with Crippen molar-refractivity contribution in [3.8, 4) is 0 Å². The van der Waals surface area contributed by atoms with Crippen LogP contribution in [0.15, 0.2) is 61.4 Å². The lowest BCUT2D eigenvalue weighted by Gasteiger charge is -2.41. The number of aliphatic hydroxyl groups is 1. The molecule has 1 saturated heterocycles. The topological polar surface area (TPSA) is 123 Å². The lowest BCUT2D eigenvalue weighted by Crippen LogP contribution is -2.55. The third kappa shape index (κ3) is 5.63. The number of anilines is 4. The maximum atomic E-state index is 15.1. The monoisotopic (exact) mass is 585 g/mol. The van der Waals surface area contributed by atoms with Crippen LogP contribution in [0.2, 0.25) is 0 Å². The summed E-state index contributed by atoms with van der Waals surface area (Å²) in [5.41, 5.74) is 3.81. The van der Waals surface area contributed by atoms with Gasteiger partial charge in [0.25, 0.3) is 0 Å². The third-order valence-electron chi connectivity index (χ3n) is 8.16. The molecule has 0 bridgehead atoms. The number of nitrogens with one attached hydrogen (secondary N) is 3. The van der Waals surface area contributed by atoms with Gasteiger partial charge in [-0.25, -0.2) is 9.37 Å². The number of fused-ring (bicyclic) bond motifs is 2. The van der Waals surface area contributed by atoms with Crippen molar-refractivity contribution in [1.29, 1.82) is 0 Å². The lowest BCUT2D eigenvalue weighted by molar-refractivity contribution is -0.132. The van der Waals surface area contributed by atoms with Gasteiger partial charge in [-0.2, -0.15) is 10.1 Å². The van der Waals surface area contributed by atoms with E-state index in [1.54, 1.807) is 36.3 Å². The highest BCUT2D eigenvalue weighted by atomic mass is 19.1. The van der Waals surface area contributed by atoms with E-state index in [2.05, 4.69) is 37.5 Å². The Morgan fingerprint density at radius 2 is 2.07 bits per heavy atom. The number of hydrogen-bond donors (Lipinski definition) is 4. The molecule has 11 nitrogen and oxygen atoms in total. The van der Waals surface area contributed by atoms with Crippen LogP contribution in [-0.2, 0) is 17.8 Å². The predicted octanol–water partition coefficient (Wildman–Crippen LogP) is 3.22. The van der Waals surface area contributed by atoms with Gasteiger partial charge in [-0.3, -0.25) is 9.48 Å². The number of halogens is 1. The van der Waals surface area contributed by atoms with Crippen LogP contribution in [0.3, 0.4) is 0 Å². The molecule has 2 aliphatic rings. The van der Waals surface area contributed by atoms with Gasteiger partial charge in [-0.1, -0.05) is 30.3 Å². The van der Waals surface area contributed by atoms with Gasteiger partial charge in [0.05, 0.1) is 54.5 Å². The van der Waals surface area contributed by atoms with Gasteiger partial charge < -0.3 is 30.9 Å². The van der Waals surface area contributed by atoms with Crippen LogP contribution in [0.5, 0.6) is 0 Å². The van der Waals surface area contributed by atoms with Crippen molar-refractivity contribution in [2.75, 3.05) is 48.8 Å². The highest BCUT2D eigenvalue weighted by molar-refractivity contribution is 5.84. The van der Waals surface area contributed by atoms with Crippen molar-refractivity contribution < 1.29 is 14.3 Å². The summed E-state index contributed by atoms with van der Waals surface area (Å²) in [7, 11) is 1.76. The predicted molar refractivity (Wildman–Crippen MR) is 165 cm³/mol. The Labute approximate surface area is 249 Å². The molecule has 1 aliphatic heterocycles. The van der Waals surface area contributed by atoms with E-state index in [1.165, 1.54) is 6.07 Å². The van der Waals surface area contributed by atoms with Crippen molar-refractivity contribution in [2.45, 2.75) is 38.1 Å². The van der Waals surface area contributed by atoms with E-state index in [0.29, 0.717) is 43.8 Å². The quantitative estimate of drug-likeness (QED) is 0.219. The number of benzene rings is 2. The van der Waals surface area contributed by atoms with Crippen LogP contribution >= 0.6 is 0 Å². The number of hydrogen-bond acceptors (Lipinski definition) is 9. The maximum absolute atomic E-state index is 15.1. The van der Waals surface area contributed by atoms with Crippen molar-refractivity contribution >= 4 is 40.0 Å². The number of carbonyl (C=O) groups excluding carboxylic acids is 1. The fraction of sp³-hybridized carbons (Fsp3) is 0.355. The van der Waals surface area contributed by atoms with Crippen molar-refractivity contribution in [3.05, 3.63) is 78.4 Å². The molecule has 0 saturated carbocycles. The summed E-state index contributed by atoms with van der Waals surface area (Å²) in [5.74, 6) is 0.321. The smallest absolute Gasteiger partial charge is 0.236 e. The number of carbonyl (C=O) groups is 1. The minimum absolute atomic E-state index is 0.0284. The molecule has 1 unspecified atom stereocenters. The normalized spacial score (nSPS) is 19.9. The van der Waals surface area contributed by atoms with Crippen LogP contribution in [0.25, 0.3) is 10.9 Å². The summed E-state index contributed by atoms with van der Waals surface area (Å²) in [6.45, 7) is 8.31. The highest BCUT2D eigenvalue weighted by Gasteiger charge is 2.33. The van der Waals surface area contributed by atoms with Crippen molar-refractivity contribution in [1.82, 2.24) is 30.0 Å². The molecule has 2 aromatic heterocycles. The molecule has 1 amide bonds. The zero-order chi connectivity index (χ0) is 30.1. The Bertz CT molecular complexity index is 1660. The lowest BCUT2D eigenvalue weighted by atomic mass is 10.1. The van der Waals surface area contributed by atoms with Gasteiger partial charge in [0.15, 0.2) is 5.82 Å². The molecule has 43 heavy (non-hydrogen) atoms.